The molecule has 0 aromatic carbocycles. The minimum atomic E-state index is -4.54. The standard InChI is InChI=1S/C6H6F3NOS/c7-6(8,9)5(11)1-4-2-10-3-12-4/h2-3,5,11H,1H2/t5-/m1/s1. The molecule has 0 bridgehead atoms. The van der Waals surface area contributed by atoms with Gasteiger partial charge in [-0.15, -0.1) is 11.3 Å². The third-order valence-corrected chi connectivity index (χ3v) is 2.06. The Labute approximate surface area is 70.7 Å². The van der Waals surface area contributed by atoms with Crippen LogP contribution >= 0.6 is 11.3 Å². The summed E-state index contributed by atoms with van der Waals surface area (Å²) < 4.78 is 35.3. The third-order valence-electron chi connectivity index (χ3n) is 1.26. The van der Waals surface area contributed by atoms with Gasteiger partial charge in [0.2, 0.25) is 0 Å². The van der Waals surface area contributed by atoms with Gasteiger partial charge in [0.15, 0.2) is 6.10 Å². The first kappa shape index (κ1) is 9.47. The summed E-state index contributed by atoms with van der Waals surface area (Å²) in [5.74, 6) is 0. The van der Waals surface area contributed by atoms with Crippen LogP contribution in [0.5, 0.6) is 0 Å². The van der Waals surface area contributed by atoms with Crippen molar-refractivity contribution in [3.63, 3.8) is 0 Å². The smallest absolute Gasteiger partial charge is 0.383 e. The van der Waals surface area contributed by atoms with E-state index in [1.54, 1.807) is 0 Å². The Balaban J connectivity index is 2.53. The molecule has 1 N–H and O–H groups in total. The second-order valence-corrected chi connectivity index (χ2v) is 3.20. The minimum Gasteiger partial charge on any atom is -0.383 e. The lowest BCUT2D eigenvalue weighted by Crippen LogP contribution is -2.30. The van der Waals surface area contributed by atoms with Crippen molar-refractivity contribution in [3.05, 3.63) is 16.6 Å². The molecule has 6 heteroatoms. The Morgan fingerprint density at radius 3 is 2.67 bits per heavy atom. The topological polar surface area (TPSA) is 33.1 Å². The maximum Gasteiger partial charge on any atom is 0.414 e. The van der Waals surface area contributed by atoms with Gasteiger partial charge in [0.05, 0.1) is 5.51 Å². The van der Waals surface area contributed by atoms with E-state index in [2.05, 4.69) is 4.98 Å². The zero-order valence-corrected chi connectivity index (χ0v) is 6.69. The normalized spacial score (nSPS) is 14.7. The molecule has 0 unspecified atom stereocenters. The molecule has 0 aliphatic carbocycles. The molecule has 0 fully saturated rings. The van der Waals surface area contributed by atoms with Crippen LogP contribution in [-0.2, 0) is 6.42 Å². The average Bonchev–Trinajstić information content (AvgIpc) is 2.37. The molecule has 0 spiro atoms. The molecule has 1 heterocycles. The van der Waals surface area contributed by atoms with Gasteiger partial charge in [-0.25, -0.2) is 0 Å². The van der Waals surface area contributed by atoms with Crippen molar-refractivity contribution in [1.29, 1.82) is 0 Å². The molecule has 0 saturated heterocycles. The Bertz CT molecular complexity index is 233. The van der Waals surface area contributed by atoms with Crippen LogP contribution in [0.15, 0.2) is 11.7 Å². The molecule has 0 aliphatic heterocycles. The SMILES string of the molecule is O[C@H](Cc1cncs1)C(F)(F)F. The van der Waals surface area contributed by atoms with Crippen LogP contribution in [0.1, 0.15) is 4.88 Å². The second-order valence-electron chi connectivity index (χ2n) is 2.23. The van der Waals surface area contributed by atoms with Gasteiger partial charge in [-0.2, -0.15) is 13.2 Å². The zero-order valence-electron chi connectivity index (χ0n) is 5.88. The molecule has 0 amide bonds. The van der Waals surface area contributed by atoms with Crippen molar-refractivity contribution in [2.45, 2.75) is 18.7 Å². The fraction of sp³-hybridized carbons (Fsp3) is 0.500. The number of thiazole rings is 1. The fourth-order valence-corrected chi connectivity index (χ4v) is 1.28. The lowest BCUT2D eigenvalue weighted by molar-refractivity contribution is -0.202. The van der Waals surface area contributed by atoms with Crippen LogP contribution in [0.4, 0.5) is 13.2 Å². The molecular weight excluding hydrogens is 191 g/mol. The summed E-state index contributed by atoms with van der Waals surface area (Å²) in [5, 5.41) is 8.61. The van der Waals surface area contributed by atoms with Crippen LogP contribution < -0.4 is 0 Å². The number of rotatable bonds is 2. The highest BCUT2D eigenvalue weighted by molar-refractivity contribution is 7.09. The van der Waals surface area contributed by atoms with E-state index in [4.69, 9.17) is 5.11 Å². The number of hydrogen-bond acceptors (Lipinski definition) is 3. The van der Waals surface area contributed by atoms with Crippen LogP contribution in [0, 0.1) is 0 Å². The highest BCUT2D eigenvalue weighted by Gasteiger charge is 2.38. The predicted octanol–water partition coefficient (Wildman–Crippen LogP) is 1.61. The van der Waals surface area contributed by atoms with Gasteiger partial charge in [-0.05, 0) is 0 Å². The maximum absolute atomic E-state index is 11.8. The molecule has 12 heavy (non-hydrogen) atoms. The molecule has 1 aromatic rings. The van der Waals surface area contributed by atoms with Gasteiger partial charge in [-0.1, -0.05) is 0 Å². The van der Waals surface area contributed by atoms with Gasteiger partial charge >= 0.3 is 6.18 Å². The first-order chi connectivity index (χ1) is 5.50. The number of aliphatic hydroxyl groups is 1. The molecule has 1 aromatic heterocycles. The Morgan fingerprint density at radius 2 is 2.25 bits per heavy atom. The Morgan fingerprint density at radius 1 is 1.58 bits per heavy atom. The largest absolute Gasteiger partial charge is 0.414 e. The third kappa shape index (κ3) is 2.46. The minimum absolute atomic E-state index is 0.409. The van der Waals surface area contributed by atoms with Crippen molar-refractivity contribution < 1.29 is 18.3 Å². The highest BCUT2D eigenvalue weighted by atomic mass is 32.1. The molecule has 1 atom stereocenters. The van der Waals surface area contributed by atoms with Crippen molar-refractivity contribution in [1.82, 2.24) is 4.98 Å². The van der Waals surface area contributed by atoms with E-state index in [1.807, 2.05) is 0 Å². The van der Waals surface area contributed by atoms with E-state index in [0.29, 0.717) is 4.88 Å². The van der Waals surface area contributed by atoms with Crippen molar-refractivity contribution >= 4 is 11.3 Å². The summed E-state index contributed by atoms with van der Waals surface area (Å²) in [6.45, 7) is 0. The predicted molar refractivity (Wildman–Crippen MR) is 37.9 cm³/mol. The van der Waals surface area contributed by atoms with E-state index >= 15 is 0 Å². The number of hydrogen-bond donors (Lipinski definition) is 1. The summed E-state index contributed by atoms with van der Waals surface area (Å²) in [4.78, 5) is 4.03. The van der Waals surface area contributed by atoms with Crippen molar-refractivity contribution in [2.24, 2.45) is 0 Å². The maximum atomic E-state index is 11.8. The summed E-state index contributed by atoms with van der Waals surface area (Å²) in [6.07, 6.45) is -5.91. The average molecular weight is 197 g/mol. The van der Waals surface area contributed by atoms with Crippen LogP contribution in [0.2, 0.25) is 0 Å². The summed E-state index contributed by atoms with van der Waals surface area (Å²) in [7, 11) is 0. The molecule has 0 radical (unpaired) electrons. The van der Waals surface area contributed by atoms with E-state index in [0.717, 1.165) is 11.3 Å². The Hall–Kier alpha value is -0.620. The van der Waals surface area contributed by atoms with Crippen LogP contribution in [-0.4, -0.2) is 22.4 Å². The molecule has 0 aliphatic rings. The van der Waals surface area contributed by atoms with Gasteiger partial charge in [0, 0.05) is 17.5 Å². The Kier molecular flexibility index (Phi) is 2.69. The van der Waals surface area contributed by atoms with E-state index in [-0.39, 0.29) is 0 Å². The number of aromatic nitrogens is 1. The number of aliphatic hydroxyl groups excluding tert-OH is 1. The molecule has 0 saturated carbocycles. The molecule has 2 nitrogen and oxygen atoms in total. The molecule has 1 rings (SSSR count). The van der Waals surface area contributed by atoms with Gasteiger partial charge < -0.3 is 5.11 Å². The fourth-order valence-electron chi connectivity index (χ4n) is 0.649. The van der Waals surface area contributed by atoms with Crippen LogP contribution in [0.25, 0.3) is 0 Å². The lowest BCUT2D eigenvalue weighted by atomic mass is 10.2. The van der Waals surface area contributed by atoms with E-state index < -0.39 is 18.7 Å². The lowest BCUT2D eigenvalue weighted by Gasteiger charge is -2.12. The van der Waals surface area contributed by atoms with Gasteiger partial charge in [0.1, 0.15) is 0 Å². The molecular formula is C6H6F3NOS. The quantitative estimate of drug-likeness (QED) is 0.781. The monoisotopic (exact) mass is 197 g/mol. The summed E-state index contributed by atoms with van der Waals surface area (Å²) in [5.41, 5.74) is 1.43. The summed E-state index contributed by atoms with van der Waals surface area (Å²) >= 11 is 1.10. The number of halogens is 3. The second kappa shape index (κ2) is 3.40. The number of nitrogens with zero attached hydrogens (tertiary/aromatic N) is 1. The van der Waals surface area contributed by atoms with Crippen LogP contribution in [0.3, 0.4) is 0 Å². The first-order valence-electron chi connectivity index (χ1n) is 3.12. The van der Waals surface area contributed by atoms with E-state index in [1.165, 1.54) is 11.7 Å². The van der Waals surface area contributed by atoms with Gasteiger partial charge in [0.25, 0.3) is 0 Å². The zero-order chi connectivity index (χ0) is 9.19. The van der Waals surface area contributed by atoms with Crippen molar-refractivity contribution in [3.8, 4) is 0 Å². The van der Waals surface area contributed by atoms with Gasteiger partial charge in [-0.3, -0.25) is 4.98 Å². The number of alkyl halides is 3. The highest BCUT2D eigenvalue weighted by Crippen LogP contribution is 2.23. The molecule has 68 valence electrons. The van der Waals surface area contributed by atoms with E-state index in [9.17, 15) is 13.2 Å². The first-order valence-corrected chi connectivity index (χ1v) is 4.00. The summed E-state index contributed by atoms with van der Waals surface area (Å²) in [6, 6.07) is 0. The van der Waals surface area contributed by atoms with Crippen molar-refractivity contribution in [2.75, 3.05) is 0 Å².